The summed E-state index contributed by atoms with van der Waals surface area (Å²) in [4.78, 5) is 10.0. The summed E-state index contributed by atoms with van der Waals surface area (Å²) in [5.74, 6) is 0.605. The number of rotatable bonds is 6. The standard InChI is InChI=1S/C11H15ClN2O4S2/c1-7-4-9(12)10(14(15)16)5-11(7)20(17,18)13-8(2)6-19-3/h4-5,8,13H,6H2,1-3H3. The van der Waals surface area contributed by atoms with E-state index in [9.17, 15) is 18.5 Å². The van der Waals surface area contributed by atoms with Gasteiger partial charge in [-0.3, -0.25) is 10.1 Å². The molecule has 0 bridgehead atoms. The zero-order valence-corrected chi connectivity index (χ0v) is 13.6. The van der Waals surface area contributed by atoms with Crippen LogP contribution in [0.3, 0.4) is 0 Å². The van der Waals surface area contributed by atoms with Crippen molar-refractivity contribution in [2.75, 3.05) is 12.0 Å². The number of benzene rings is 1. The molecule has 1 unspecified atom stereocenters. The van der Waals surface area contributed by atoms with Gasteiger partial charge < -0.3 is 0 Å². The lowest BCUT2D eigenvalue weighted by molar-refractivity contribution is -0.384. The molecule has 9 heteroatoms. The van der Waals surface area contributed by atoms with Crippen LogP contribution in [0, 0.1) is 17.0 Å². The average molecular weight is 339 g/mol. The fraction of sp³-hybridized carbons (Fsp3) is 0.455. The van der Waals surface area contributed by atoms with Crippen LogP contribution >= 0.6 is 23.4 Å². The summed E-state index contributed by atoms with van der Waals surface area (Å²) in [5.41, 5.74) is -0.0559. The van der Waals surface area contributed by atoms with E-state index in [-0.39, 0.29) is 16.0 Å². The fourth-order valence-corrected chi connectivity index (χ4v) is 4.15. The number of hydrogen-bond donors (Lipinski definition) is 1. The van der Waals surface area contributed by atoms with Gasteiger partial charge in [-0.2, -0.15) is 11.8 Å². The van der Waals surface area contributed by atoms with Gasteiger partial charge in [-0.15, -0.1) is 0 Å². The molecule has 0 saturated heterocycles. The van der Waals surface area contributed by atoms with Gasteiger partial charge in [0.1, 0.15) is 5.02 Å². The molecule has 20 heavy (non-hydrogen) atoms. The Morgan fingerprint density at radius 2 is 2.10 bits per heavy atom. The molecule has 0 aromatic heterocycles. The zero-order valence-electron chi connectivity index (χ0n) is 11.2. The Kier molecular flexibility index (Phi) is 5.81. The molecule has 0 saturated carbocycles. The molecule has 1 N–H and O–H groups in total. The van der Waals surface area contributed by atoms with Gasteiger partial charge in [0.25, 0.3) is 5.69 Å². The second-order valence-corrected chi connectivity index (χ2v) is 7.30. The summed E-state index contributed by atoms with van der Waals surface area (Å²) in [6.45, 7) is 3.27. The second-order valence-electron chi connectivity index (χ2n) is 4.30. The maximum atomic E-state index is 12.2. The van der Waals surface area contributed by atoms with Gasteiger partial charge in [0.15, 0.2) is 0 Å². The Morgan fingerprint density at radius 1 is 1.50 bits per heavy atom. The Labute approximate surface area is 127 Å². The predicted octanol–water partition coefficient (Wildman–Crippen LogP) is 2.59. The minimum atomic E-state index is -3.81. The molecular weight excluding hydrogens is 324 g/mol. The van der Waals surface area contributed by atoms with Gasteiger partial charge >= 0.3 is 0 Å². The van der Waals surface area contributed by atoms with Crippen LogP contribution in [0.1, 0.15) is 12.5 Å². The van der Waals surface area contributed by atoms with Crippen molar-refractivity contribution < 1.29 is 13.3 Å². The van der Waals surface area contributed by atoms with Crippen LogP contribution in [0.2, 0.25) is 5.02 Å². The number of nitro groups is 1. The lowest BCUT2D eigenvalue weighted by Crippen LogP contribution is -2.34. The molecule has 0 aliphatic carbocycles. The zero-order chi connectivity index (χ0) is 15.5. The van der Waals surface area contributed by atoms with Gasteiger partial charge in [0, 0.05) is 17.9 Å². The van der Waals surface area contributed by atoms with Crippen molar-refractivity contribution in [3.05, 3.63) is 32.8 Å². The number of thioether (sulfide) groups is 1. The van der Waals surface area contributed by atoms with Crippen molar-refractivity contribution in [3.63, 3.8) is 0 Å². The summed E-state index contributed by atoms with van der Waals surface area (Å²) in [5, 5.41) is 10.8. The second kappa shape index (κ2) is 6.75. The first kappa shape index (κ1) is 17.2. The molecule has 0 aliphatic heterocycles. The maximum absolute atomic E-state index is 12.2. The van der Waals surface area contributed by atoms with E-state index >= 15 is 0 Å². The topological polar surface area (TPSA) is 89.3 Å². The number of aryl methyl sites for hydroxylation is 1. The molecule has 0 spiro atoms. The number of nitrogens with one attached hydrogen (secondary N) is 1. The van der Waals surface area contributed by atoms with Crippen LogP contribution in [-0.2, 0) is 10.0 Å². The van der Waals surface area contributed by atoms with Gasteiger partial charge in [-0.25, -0.2) is 13.1 Å². The molecule has 1 rings (SSSR count). The summed E-state index contributed by atoms with van der Waals surface area (Å²) in [6.07, 6.45) is 1.86. The van der Waals surface area contributed by atoms with Crippen molar-refractivity contribution in [2.45, 2.75) is 24.8 Å². The quantitative estimate of drug-likeness (QED) is 0.636. The number of sulfonamides is 1. The van der Waals surface area contributed by atoms with Crippen LogP contribution in [-0.4, -0.2) is 31.4 Å². The van der Waals surface area contributed by atoms with Crippen molar-refractivity contribution >= 4 is 39.1 Å². The van der Waals surface area contributed by atoms with Crippen LogP contribution in [0.4, 0.5) is 5.69 Å². The molecule has 0 heterocycles. The minimum absolute atomic E-state index is 0.0800. The van der Waals surface area contributed by atoms with E-state index < -0.39 is 20.6 Å². The van der Waals surface area contributed by atoms with E-state index in [1.54, 1.807) is 13.8 Å². The highest BCUT2D eigenvalue weighted by Crippen LogP contribution is 2.30. The molecule has 6 nitrogen and oxygen atoms in total. The molecule has 1 aromatic carbocycles. The molecule has 112 valence electrons. The Morgan fingerprint density at radius 3 is 2.60 bits per heavy atom. The molecule has 0 fully saturated rings. The van der Waals surface area contributed by atoms with E-state index in [1.807, 2.05) is 6.26 Å². The summed E-state index contributed by atoms with van der Waals surface area (Å²) in [7, 11) is -3.81. The smallest absolute Gasteiger partial charge is 0.258 e. The Balaban J connectivity index is 3.24. The van der Waals surface area contributed by atoms with E-state index in [0.29, 0.717) is 11.3 Å². The maximum Gasteiger partial charge on any atom is 0.289 e. The molecule has 1 atom stereocenters. The van der Waals surface area contributed by atoms with E-state index in [0.717, 1.165) is 6.07 Å². The first-order chi connectivity index (χ1) is 9.19. The van der Waals surface area contributed by atoms with Crippen molar-refractivity contribution in [1.29, 1.82) is 0 Å². The Bertz CT molecular complexity index is 619. The van der Waals surface area contributed by atoms with Gasteiger partial charge in [-0.05, 0) is 31.7 Å². The summed E-state index contributed by atoms with van der Waals surface area (Å²) >= 11 is 7.25. The molecule has 0 aliphatic rings. The highest BCUT2D eigenvalue weighted by molar-refractivity contribution is 7.98. The van der Waals surface area contributed by atoms with Gasteiger partial charge in [-0.1, -0.05) is 11.6 Å². The van der Waals surface area contributed by atoms with Gasteiger partial charge in [0.2, 0.25) is 10.0 Å². The van der Waals surface area contributed by atoms with Crippen LogP contribution in [0.15, 0.2) is 17.0 Å². The van der Waals surface area contributed by atoms with E-state index in [1.165, 1.54) is 17.8 Å². The number of nitrogens with zero attached hydrogens (tertiary/aromatic N) is 1. The van der Waals surface area contributed by atoms with Crippen LogP contribution in [0.5, 0.6) is 0 Å². The lowest BCUT2D eigenvalue weighted by Gasteiger charge is -2.14. The summed E-state index contributed by atoms with van der Waals surface area (Å²) in [6, 6.07) is 2.00. The molecular formula is C11H15ClN2O4S2. The highest BCUT2D eigenvalue weighted by atomic mass is 35.5. The predicted molar refractivity (Wildman–Crippen MR) is 81.0 cm³/mol. The Hall–Kier alpha value is -0.830. The minimum Gasteiger partial charge on any atom is -0.258 e. The van der Waals surface area contributed by atoms with Gasteiger partial charge in [0.05, 0.1) is 9.82 Å². The van der Waals surface area contributed by atoms with Crippen molar-refractivity contribution in [2.24, 2.45) is 0 Å². The largest absolute Gasteiger partial charge is 0.289 e. The molecule has 0 radical (unpaired) electrons. The van der Waals surface area contributed by atoms with Crippen LogP contribution in [0.25, 0.3) is 0 Å². The first-order valence-electron chi connectivity index (χ1n) is 5.65. The monoisotopic (exact) mass is 338 g/mol. The van der Waals surface area contributed by atoms with Crippen LogP contribution < -0.4 is 4.72 Å². The third-order valence-corrected chi connectivity index (χ3v) is 5.37. The number of hydrogen-bond acceptors (Lipinski definition) is 5. The average Bonchev–Trinajstić information content (AvgIpc) is 2.27. The number of halogens is 1. The molecule has 0 amide bonds. The highest BCUT2D eigenvalue weighted by Gasteiger charge is 2.24. The van der Waals surface area contributed by atoms with E-state index in [2.05, 4.69) is 4.72 Å². The third-order valence-electron chi connectivity index (χ3n) is 2.50. The fourth-order valence-electron chi connectivity index (χ4n) is 1.68. The summed E-state index contributed by atoms with van der Waals surface area (Å²) < 4.78 is 27.0. The number of nitro benzene ring substituents is 1. The molecule has 1 aromatic rings. The van der Waals surface area contributed by atoms with Crippen molar-refractivity contribution in [1.82, 2.24) is 4.72 Å². The lowest BCUT2D eigenvalue weighted by atomic mass is 10.2. The first-order valence-corrected chi connectivity index (χ1v) is 8.90. The van der Waals surface area contributed by atoms with Crippen molar-refractivity contribution in [3.8, 4) is 0 Å². The normalized spacial score (nSPS) is 13.2. The third kappa shape index (κ3) is 4.08. The van der Waals surface area contributed by atoms with E-state index in [4.69, 9.17) is 11.6 Å². The SMILES string of the molecule is CSCC(C)NS(=O)(=O)c1cc([N+](=O)[O-])c(Cl)cc1C.